The van der Waals surface area contributed by atoms with E-state index >= 15 is 0 Å². The molecule has 3 aromatic carbocycles. The Hall–Kier alpha value is -4.22. The molecule has 0 bridgehead atoms. The van der Waals surface area contributed by atoms with Gasteiger partial charge in [0.05, 0.1) is 5.69 Å². The average Bonchev–Trinajstić information content (AvgIpc) is 3.38. The van der Waals surface area contributed by atoms with Gasteiger partial charge in [0.15, 0.2) is 0 Å². The summed E-state index contributed by atoms with van der Waals surface area (Å²) in [7, 11) is -2.36. The number of H-pyrrole nitrogens is 1. The van der Waals surface area contributed by atoms with Crippen LogP contribution in [0.3, 0.4) is 0 Å². The Morgan fingerprint density at radius 2 is 1.74 bits per heavy atom. The number of carbonyl (C=O) groups excluding carboxylic acids is 1. The summed E-state index contributed by atoms with van der Waals surface area (Å²) in [6, 6.07) is 22.8. The van der Waals surface area contributed by atoms with E-state index in [0.29, 0.717) is 29.5 Å². The molecule has 5 rings (SSSR count). The lowest BCUT2D eigenvalue weighted by atomic mass is 10.1. The Morgan fingerprint density at radius 3 is 2.50 bits per heavy atom. The Bertz CT molecular complexity index is 1650. The number of aryl methyl sites for hydroxylation is 1. The molecule has 3 N–H and O–H groups in total. The summed E-state index contributed by atoms with van der Waals surface area (Å²) in [6.07, 6.45) is 4.92. The van der Waals surface area contributed by atoms with E-state index in [1.165, 1.54) is 0 Å². The van der Waals surface area contributed by atoms with Crippen molar-refractivity contribution >= 4 is 46.6 Å². The van der Waals surface area contributed by atoms with Crippen LogP contribution < -0.4 is 15.9 Å². The first-order valence-electron chi connectivity index (χ1n) is 12.7. The zero-order valence-corrected chi connectivity index (χ0v) is 22.5. The fourth-order valence-electron chi connectivity index (χ4n) is 4.48. The molecular formula is C30H30N5O2P. The van der Waals surface area contributed by atoms with Gasteiger partial charge in [0.2, 0.25) is 5.95 Å². The summed E-state index contributed by atoms with van der Waals surface area (Å²) in [6.45, 7) is 5.87. The topological polar surface area (TPSA) is 99.8 Å². The van der Waals surface area contributed by atoms with Gasteiger partial charge in [-0.2, -0.15) is 0 Å². The van der Waals surface area contributed by atoms with Crippen molar-refractivity contribution in [2.75, 3.05) is 23.0 Å². The van der Waals surface area contributed by atoms with E-state index in [9.17, 15) is 9.36 Å². The van der Waals surface area contributed by atoms with Crippen LogP contribution in [0.25, 0.3) is 22.2 Å². The molecule has 0 fully saturated rings. The number of benzene rings is 3. The van der Waals surface area contributed by atoms with Gasteiger partial charge in [0.1, 0.15) is 7.14 Å². The van der Waals surface area contributed by atoms with Crippen LogP contribution in [0.1, 0.15) is 29.8 Å². The van der Waals surface area contributed by atoms with E-state index in [-0.39, 0.29) is 5.91 Å². The molecule has 0 aliphatic rings. The van der Waals surface area contributed by atoms with Crippen molar-refractivity contribution in [1.29, 1.82) is 0 Å². The summed E-state index contributed by atoms with van der Waals surface area (Å²) in [5.41, 5.74) is 5.70. The third kappa shape index (κ3) is 5.11. The SMILES string of the molecule is CCP(=O)(CC)c1ccc(NC(=O)c2ccc(C)c(Nc3nccc(-c4c[nH]c5ccccc45)n3)c2)cc1. The molecule has 2 aromatic heterocycles. The zero-order chi connectivity index (χ0) is 26.7. The fourth-order valence-corrected chi connectivity index (χ4v) is 6.35. The fraction of sp³-hybridized carbons (Fsp3) is 0.167. The molecule has 0 saturated heterocycles. The van der Waals surface area contributed by atoms with Crippen LogP contribution >= 0.6 is 7.14 Å². The first-order chi connectivity index (χ1) is 18.4. The van der Waals surface area contributed by atoms with Gasteiger partial charge in [0.25, 0.3) is 5.91 Å². The number of fused-ring (bicyclic) bond motifs is 1. The van der Waals surface area contributed by atoms with Crippen molar-refractivity contribution in [2.24, 2.45) is 0 Å². The minimum atomic E-state index is -2.36. The third-order valence-electron chi connectivity index (χ3n) is 6.88. The maximum Gasteiger partial charge on any atom is 0.255 e. The molecule has 2 heterocycles. The van der Waals surface area contributed by atoms with E-state index in [4.69, 9.17) is 4.98 Å². The maximum atomic E-state index is 13.0. The van der Waals surface area contributed by atoms with Crippen LogP contribution in [-0.2, 0) is 4.57 Å². The molecule has 0 spiro atoms. The summed E-state index contributed by atoms with van der Waals surface area (Å²) in [5, 5.41) is 8.15. The Labute approximate surface area is 222 Å². The highest BCUT2D eigenvalue weighted by Crippen LogP contribution is 2.43. The summed E-state index contributed by atoms with van der Waals surface area (Å²) < 4.78 is 13.0. The maximum absolute atomic E-state index is 13.0. The number of hydrogen-bond donors (Lipinski definition) is 3. The van der Waals surface area contributed by atoms with Crippen LogP contribution in [0.15, 0.2) is 85.2 Å². The van der Waals surface area contributed by atoms with Crippen molar-refractivity contribution in [2.45, 2.75) is 20.8 Å². The predicted molar refractivity (Wildman–Crippen MR) is 157 cm³/mol. The van der Waals surface area contributed by atoms with Gasteiger partial charge in [0, 0.05) is 63.4 Å². The number of para-hydroxylation sites is 1. The lowest BCUT2D eigenvalue weighted by Gasteiger charge is -2.15. The minimum absolute atomic E-state index is 0.233. The Kier molecular flexibility index (Phi) is 7.12. The van der Waals surface area contributed by atoms with Gasteiger partial charge in [-0.1, -0.05) is 38.1 Å². The number of hydrogen-bond acceptors (Lipinski definition) is 5. The molecule has 192 valence electrons. The molecule has 38 heavy (non-hydrogen) atoms. The highest BCUT2D eigenvalue weighted by Gasteiger charge is 2.20. The zero-order valence-electron chi connectivity index (χ0n) is 21.7. The third-order valence-corrected chi connectivity index (χ3v) is 10.2. The van der Waals surface area contributed by atoms with Gasteiger partial charge < -0.3 is 20.2 Å². The molecule has 0 unspecified atom stereocenters. The van der Waals surface area contributed by atoms with Crippen LogP contribution in [0.4, 0.5) is 17.3 Å². The van der Waals surface area contributed by atoms with Crippen molar-refractivity contribution in [3.05, 3.63) is 96.3 Å². The monoisotopic (exact) mass is 523 g/mol. The second-order valence-electron chi connectivity index (χ2n) is 9.19. The van der Waals surface area contributed by atoms with Crippen molar-refractivity contribution in [3.8, 4) is 11.3 Å². The van der Waals surface area contributed by atoms with E-state index < -0.39 is 7.14 Å². The van der Waals surface area contributed by atoms with Gasteiger partial charge >= 0.3 is 0 Å². The molecule has 0 atom stereocenters. The number of nitrogens with one attached hydrogen (secondary N) is 3. The molecule has 1 amide bonds. The molecule has 7 nitrogen and oxygen atoms in total. The standard InChI is InChI=1S/C30H30N5O2P/c1-4-38(37,5-2)23-14-12-22(13-15-23)33-29(36)21-11-10-20(3)28(18-21)35-30-31-17-16-27(34-30)25-19-32-26-9-7-6-8-24(25)26/h6-19,32H,4-5H2,1-3H3,(H,33,36)(H,31,34,35). The average molecular weight is 524 g/mol. The first-order valence-corrected chi connectivity index (χ1v) is 14.7. The van der Waals surface area contributed by atoms with Crippen molar-refractivity contribution in [3.63, 3.8) is 0 Å². The number of nitrogens with zero attached hydrogens (tertiary/aromatic N) is 2. The Morgan fingerprint density at radius 1 is 0.974 bits per heavy atom. The quantitative estimate of drug-likeness (QED) is 0.191. The molecule has 5 aromatic rings. The lowest BCUT2D eigenvalue weighted by Crippen LogP contribution is -2.14. The first kappa shape index (κ1) is 25.4. The van der Waals surface area contributed by atoms with E-state index in [1.54, 1.807) is 18.3 Å². The Balaban J connectivity index is 1.34. The molecular weight excluding hydrogens is 493 g/mol. The second-order valence-corrected chi connectivity index (χ2v) is 12.8. The lowest BCUT2D eigenvalue weighted by molar-refractivity contribution is 0.102. The minimum Gasteiger partial charge on any atom is -0.360 e. The smallest absolute Gasteiger partial charge is 0.255 e. The van der Waals surface area contributed by atoms with Crippen LogP contribution in [0, 0.1) is 6.92 Å². The van der Waals surface area contributed by atoms with Gasteiger partial charge in [-0.05, 0) is 61.0 Å². The summed E-state index contributed by atoms with van der Waals surface area (Å²) >= 11 is 0. The normalized spacial score (nSPS) is 11.4. The van der Waals surface area contributed by atoms with E-state index in [1.807, 2.05) is 81.6 Å². The molecule has 0 saturated carbocycles. The van der Waals surface area contributed by atoms with Gasteiger partial charge in [-0.3, -0.25) is 4.79 Å². The molecule has 0 radical (unpaired) electrons. The van der Waals surface area contributed by atoms with Crippen LogP contribution in [0.2, 0.25) is 0 Å². The predicted octanol–water partition coefficient (Wildman–Crippen LogP) is 6.96. The number of rotatable bonds is 8. The number of carbonyl (C=O) groups is 1. The highest BCUT2D eigenvalue weighted by atomic mass is 31.2. The van der Waals surface area contributed by atoms with E-state index in [2.05, 4.69) is 26.7 Å². The summed E-state index contributed by atoms with van der Waals surface area (Å²) in [5.74, 6) is 0.212. The number of aromatic nitrogens is 3. The number of amides is 1. The van der Waals surface area contributed by atoms with E-state index in [0.717, 1.165) is 38.7 Å². The van der Waals surface area contributed by atoms with Crippen LogP contribution in [-0.4, -0.2) is 33.2 Å². The highest BCUT2D eigenvalue weighted by molar-refractivity contribution is 7.71. The van der Waals surface area contributed by atoms with Crippen molar-refractivity contribution in [1.82, 2.24) is 15.0 Å². The van der Waals surface area contributed by atoms with Gasteiger partial charge in [-0.25, -0.2) is 9.97 Å². The van der Waals surface area contributed by atoms with Crippen molar-refractivity contribution < 1.29 is 9.36 Å². The molecule has 0 aliphatic heterocycles. The molecule has 0 aliphatic carbocycles. The second kappa shape index (κ2) is 10.6. The number of anilines is 3. The number of aromatic amines is 1. The van der Waals surface area contributed by atoms with Crippen LogP contribution in [0.5, 0.6) is 0 Å². The van der Waals surface area contributed by atoms with Gasteiger partial charge in [-0.15, -0.1) is 0 Å². The summed E-state index contributed by atoms with van der Waals surface area (Å²) in [4.78, 5) is 25.4. The largest absolute Gasteiger partial charge is 0.360 e. The molecule has 8 heteroatoms.